The zero-order valence-electron chi connectivity index (χ0n) is 22.9. The Morgan fingerprint density at radius 1 is 0.897 bits per heavy atom. The van der Waals surface area contributed by atoms with Crippen LogP contribution >= 0.6 is 0 Å². The maximum atomic E-state index is 6.39. The van der Waals surface area contributed by atoms with Crippen LogP contribution in [0.4, 0.5) is 11.5 Å². The number of hydrogen-bond donors (Lipinski definition) is 2. The van der Waals surface area contributed by atoms with E-state index in [2.05, 4.69) is 73.2 Å². The number of hydrogen-bond acceptors (Lipinski definition) is 8. The van der Waals surface area contributed by atoms with Gasteiger partial charge in [0.2, 0.25) is 0 Å². The summed E-state index contributed by atoms with van der Waals surface area (Å²) in [6, 6.07) is 17.5. The fraction of sp³-hybridized carbons (Fsp3) is 0.433. The molecule has 0 amide bonds. The van der Waals surface area contributed by atoms with Crippen molar-refractivity contribution >= 4 is 22.5 Å². The number of anilines is 2. The Morgan fingerprint density at radius 3 is 2.28 bits per heavy atom. The summed E-state index contributed by atoms with van der Waals surface area (Å²) in [7, 11) is 3.90. The number of fused-ring (bicyclic) bond motifs is 1. The number of aromatic nitrogens is 4. The number of nitrogen functional groups attached to an aromatic ring is 1. The van der Waals surface area contributed by atoms with Crippen LogP contribution < -0.4 is 15.8 Å². The Hall–Kier alpha value is -3.69. The van der Waals surface area contributed by atoms with Crippen molar-refractivity contribution in [3.63, 3.8) is 0 Å². The normalized spacial score (nSPS) is 20.8. The van der Waals surface area contributed by atoms with E-state index in [9.17, 15) is 0 Å². The van der Waals surface area contributed by atoms with E-state index >= 15 is 0 Å². The molecule has 9 heteroatoms. The average Bonchev–Trinajstić information content (AvgIpc) is 3.38. The quantitative estimate of drug-likeness (QED) is 0.365. The predicted octanol–water partition coefficient (Wildman–Crippen LogP) is 4.43. The molecular weight excluding hydrogens is 488 g/mol. The van der Waals surface area contributed by atoms with E-state index in [1.807, 2.05) is 12.1 Å². The number of rotatable bonds is 7. The second kappa shape index (κ2) is 11.2. The SMILES string of the molecule is COc1ccc(CNc2ccc(-c3nn([C@H]4CC[C@@H](N5CCN(C)CC5)CC4)c4ncnc(N)c34)cc2)cc1. The lowest BCUT2D eigenvalue weighted by Gasteiger charge is -2.41. The molecule has 3 N–H and O–H groups in total. The molecule has 4 aromatic rings. The fourth-order valence-electron chi connectivity index (χ4n) is 6.00. The summed E-state index contributed by atoms with van der Waals surface area (Å²) in [5, 5.41) is 9.45. The third-order valence-electron chi connectivity index (χ3n) is 8.40. The Bertz CT molecular complexity index is 1390. The van der Waals surface area contributed by atoms with Crippen molar-refractivity contribution in [1.29, 1.82) is 0 Å². The van der Waals surface area contributed by atoms with Gasteiger partial charge in [0.15, 0.2) is 5.65 Å². The number of ether oxygens (including phenoxy) is 1. The molecule has 2 fully saturated rings. The average molecular weight is 527 g/mol. The molecule has 0 radical (unpaired) electrons. The van der Waals surface area contributed by atoms with Crippen LogP contribution in [-0.2, 0) is 6.54 Å². The smallest absolute Gasteiger partial charge is 0.164 e. The molecule has 204 valence electrons. The van der Waals surface area contributed by atoms with Gasteiger partial charge in [-0.15, -0.1) is 0 Å². The lowest BCUT2D eigenvalue weighted by molar-refractivity contribution is 0.0815. The van der Waals surface area contributed by atoms with Crippen molar-refractivity contribution in [3.8, 4) is 17.0 Å². The highest BCUT2D eigenvalue weighted by Crippen LogP contribution is 2.37. The van der Waals surface area contributed by atoms with Gasteiger partial charge in [-0.2, -0.15) is 5.10 Å². The highest BCUT2D eigenvalue weighted by molar-refractivity contribution is 5.98. The lowest BCUT2D eigenvalue weighted by Crippen LogP contribution is -2.49. The van der Waals surface area contributed by atoms with Crippen molar-refractivity contribution in [2.75, 3.05) is 51.4 Å². The standard InChI is InChI=1S/C30H38N8O/c1-36-15-17-37(18-16-36)24-9-11-25(12-10-24)38-30-27(29(31)33-20-34-30)28(35-38)22-5-7-23(8-6-22)32-19-21-3-13-26(39-2)14-4-21/h3-8,13-14,20,24-25,32H,9-12,15-19H2,1-2H3,(H2,31,33,34)/t24-,25+. The van der Waals surface area contributed by atoms with Gasteiger partial charge >= 0.3 is 0 Å². The first-order valence-electron chi connectivity index (χ1n) is 14.0. The predicted molar refractivity (Wildman–Crippen MR) is 156 cm³/mol. The van der Waals surface area contributed by atoms with Gasteiger partial charge in [0, 0.05) is 50.0 Å². The molecule has 1 saturated carbocycles. The maximum absolute atomic E-state index is 6.39. The van der Waals surface area contributed by atoms with Crippen LogP contribution in [0, 0.1) is 0 Å². The molecule has 1 saturated heterocycles. The van der Waals surface area contributed by atoms with Gasteiger partial charge in [0.1, 0.15) is 23.6 Å². The topological polar surface area (TPSA) is 97.4 Å². The molecule has 1 aliphatic carbocycles. The molecule has 0 spiro atoms. The van der Waals surface area contributed by atoms with E-state index in [0.29, 0.717) is 17.9 Å². The van der Waals surface area contributed by atoms with Crippen LogP contribution in [0.1, 0.15) is 37.3 Å². The van der Waals surface area contributed by atoms with Gasteiger partial charge < -0.3 is 20.7 Å². The van der Waals surface area contributed by atoms with E-state index in [0.717, 1.165) is 53.1 Å². The molecule has 9 nitrogen and oxygen atoms in total. The molecule has 3 heterocycles. The van der Waals surface area contributed by atoms with Crippen LogP contribution in [0.2, 0.25) is 0 Å². The van der Waals surface area contributed by atoms with Crippen LogP contribution in [-0.4, -0.2) is 75.9 Å². The Morgan fingerprint density at radius 2 is 1.59 bits per heavy atom. The van der Waals surface area contributed by atoms with E-state index in [4.69, 9.17) is 15.6 Å². The minimum Gasteiger partial charge on any atom is -0.497 e. The first kappa shape index (κ1) is 25.6. The van der Waals surface area contributed by atoms with E-state index in [1.165, 1.54) is 44.6 Å². The first-order valence-corrected chi connectivity index (χ1v) is 14.0. The van der Waals surface area contributed by atoms with E-state index < -0.39 is 0 Å². The minimum atomic E-state index is 0.324. The third-order valence-corrected chi connectivity index (χ3v) is 8.40. The van der Waals surface area contributed by atoms with Crippen molar-refractivity contribution < 1.29 is 4.74 Å². The summed E-state index contributed by atoms with van der Waals surface area (Å²) >= 11 is 0. The van der Waals surface area contributed by atoms with Crippen molar-refractivity contribution in [3.05, 3.63) is 60.4 Å². The highest BCUT2D eigenvalue weighted by Gasteiger charge is 2.30. The van der Waals surface area contributed by atoms with Crippen molar-refractivity contribution in [2.24, 2.45) is 0 Å². The van der Waals surface area contributed by atoms with E-state index in [1.54, 1.807) is 13.4 Å². The van der Waals surface area contributed by atoms with Crippen LogP contribution in [0.25, 0.3) is 22.3 Å². The van der Waals surface area contributed by atoms with Gasteiger partial charge in [-0.3, -0.25) is 4.90 Å². The summed E-state index contributed by atoms with van der Waals surface area (Å²) in [5.41, 5.74) is 11.3. The molecule has 39 heavy (non-hydrogen) atoms. The molecule has 0 unspecified atom stereocenters. The highest BCUT2D eigenvalue weighted by atomic mass is 16.5. The van der Waals surface area contributed by atoms with Gasteiger partial charge in [0.05, 0.1) is 18.5 Å². The van der Waals surface area contributed by atoms with Crippen LogP contribution in [0.3, 0.4) is 0 Å². The maximum Gasteiger partial charge on any atom is 0.164 e. The van der Waals surface area contributed by atoms with E-state index in [-0.39, 0.29) is 0 Å². The number of nitrogens with two attached hydrogens (primary N) is 1. The molecule has 2 aliphatic rings. The summed E-state index contributed by atoms with van der Waals surface area (Å²) in [5.74, 6) is 1.34. The number of methoxy groups -OCH3 is 1. The molecule has 0 bridgehead atoms. The third kappa shape index (κ3) is 5.42. The minimum absolute atomic E-state index is 0.324. The zero-order valence-corrected chi connectivity index (χ0v) is 22.9. The van der Waals surface area contributed by atoms with Gasteiger partial charge in [-0.1, -0.05) is 24.3 Å². The Labute approximate surface area is 230 Å². The monoisotopic (exact) mass is 526 g/mol. The summed E-state index contributed by atoms with van der Waals surface area (Å²) in [4.78, 5) is 14.1. The number of benzene rings is 2. The van der Waals surface area contributed by atoms with Gasteiger partial charge in [-0.05, 0) is 62.6 Å². The van der Waals surface area contributed by atoms with Crippen LogP contribution in [0.15, 0.2) is 54.9 Å². The van der Waals surface area contributed by atoms with Crippen molar-refractivity contribution in [1.82, 2.24) is 29.5 Å². The molecule has 2 aromatic carbocycles. The number of nitrogens with zero attached hydrogens (tertiary/aromatic N) is 6. The van der Waals surface area contributed by atoms with Gasteiger partial charge in [-0.25, -0.2) is 14.6 Å². The molecule has 2 aromatic heterocycles. The van der Waals surface area contributed by atoms with Crippen LogP contribution in [0.5, 0.6) is 5.75 Å². The number of nitrogens with one attached hydrogen (secondary N) is 1. The fourth-order valence-corrected chi connectivity index (χ4v) is 6.00. The Kier molecular flexibility index (Phi) is 7.34. The molecular formula is C30H38N8O. The molecule has 0 atom stereocenters. The zero-order chi connectivity index (χ0) is 26.8. The summed E-state index contributed by atoms with van der Waals surface area (Å²) < 4.78 is 7.37. The lowest BCUT2D eigenvalue weighted by atomic mass is 9.90. The second-order valence-corrected chi connectivity index (χ2v) is 10.8. The molecule has 6 rings (SSSR count). The largest absolute Gasteiger partial charge is 0.497 e. The van der Waals surface area contributed by atoms with Gasteiger partial charge in [0.25, 0.3) is 0 Å². The summed E-state index contributed by atoms with van der Waals surface area (Å²) in [6.45, 7) is 5.42. The number of piperazine rings is 1. The number of likely N-dealkylation sites (N-methyl/N-ethyl adjacent to an activating group) is 1. The second-order valence-electron chi connectivity index (χ2n) is 10.8. The first-order chi connectivity index (χ1) is 19.1. The van der Waals surface area contributed by atoms with Crippen molar-refractivity contribution in [2.45, 2.75) is 44.3 Å². The molecule has 1 aliphatic heterocycles. The summed E-state index contributed by atoms with van der Waals surface area (Å²) in [6.07, 6.45) is 6.15. The Balaban J connectivity index is 1.18.